The van der Waals surface area contributed by atoms with E-state index in [9.17, 15) is 9.90 Å². The molecule has 0 aliphatic rings. The van der Waals surface area contributed by atoms with E-state index in [0.29, 0.717) is 24.2 Å². The number of aryl methyl sites for hydroxylation is 2. The molecule has 0 saturated heterocycles. The van der Waals surface area contributed by atoms with Gasteiger partial charge in [-0.25, -0.2) is 0 Å². The number of hydrogen-bond acceptors (Lipinski definition) is 3. The minimum atomic E-state index is -0.255. The zero-order valence-electron chi connectivity index (χ0n) is 11.4. The van der Waals surface area contributed by atoms with Crippen molar-refractivity contribution >= 4 is 0 Å². The van der Waals surface area contributed by atoms with Gasteiger partial charge in [0.2, 0.25) is 5.88 Å². The molecule has 2 aromatic rings. The fourth-order valence-electron chi connectivity index (χ4n) is 2.30. The molecule has 1 aromatic carbocycles. The van der Waals surface area contributed by atoms with Crippen molar-refractivity contribution in [3.8, 4) is 5.88 Å². The average Bonchev–Trinajstić information content (AvgIpc) is 2.26. The maximum Gasteiger partial charge on any atom is 0.257 e. The molecule has 4 heteroatoms. The average molecular weight is 258 g/mol. The van der Waals surface area contributed by atoms with Crippen LogP contribution in [0.4, 0.5) is 0 Å². The highest BCUT2D eigenvalue weighted by molar-refractivity contribution is 5.31. The summed E-state index contributed by atoms with van der Waals surface area (Å²) in [4.78, 5) is 18.5. The zero-order valence-corrected chi connectivity index (χ0v) is 11.4. The Kier molecular flexibility index (Phi) is 3.69. The Morgan fingerprint density at radius 3 is 2.37 bits per heavy atom. The number of aromatic hydroxyl groups is 1. The highest BCUT2D eigenvalue weighted by Crippen LogP contribution is 2.14. The number of hydrogen-bond donors (Lipinski definition) is 2. The summed E-state index contributed by atoms with van der Waals surface area (Å²) in [5, 5.41) is 9.73. The molecule has 1 aromatic heterocycles. The summed E-state index contributed by atoms with van der Waals surface area (Å²) in [5.74, 6) is 0.329. The van der Waals surface area contributed by atoms with Gasteiger partial charge in [-0.05, 0) is 25.8 Å². The minimum Gasteiger partial charge on any atom is -0.493 e. The first-order valence-corrected chi connectivity index (χ1v) is 6.37. The summed E-state index contributed by atoms with van der Waals surface area (Å²) in [6.07, 6.45) is 0.979. The number of benzene rings is 1. The van der Waals surface area contributed by atoms with Crippen molar-refractivity contribution in [3.05, 3.63) is 56.6 Å². The van der Waals surface area contributed by atoms with Crippen LogP contribution in [0.2, 0.25) is 0 Å². The third-order valence-electron chi connectivity index (χ3n) is 3.05. The van der Waals surface area contributed by atoms with Gasteiger partial charge in [0.05, 0.1) is 5.56 Å². The van der Waals surface area contributed by atoms with Crippen LogP contribution >= 0.6 is 0 Å². The monoisotopic (exact) mass is 258 g/mol. The van der Waals surface area contributed by atoms with Crippen LogP contribution in [0.25, 0.3) is 0 Å². The Bertz CT molecular complexity index is 639. The maximum atomic E-state index is 11.8. The zero-order chi connectivity index (χ0) is 14.0. The molecule has 0 atom stereocenters. The van der Waals surface area contributed by atoms with Gasteiger partial charge in [0.15, 0.2) is 0 Å². The van der Waals surface area contributed by atoms with Crippen molar-refractivity contribution in [1.29, 1.82) is 0 Å². The summed E-state index contributed by atoms with van der Waals surface area (Å²) in [6, 6.07) is 6.20. The third kappa shape index (κ3) is 3.02. The first-order chi connectivity index (χ1) is 8.99. The lowest BCUT2D eigenvalue weighted by Gasteiger charge is -2.06. The number of aromatic amines is 1. The Hall–Kier alpha value is -2.10. The van der Waals surface area contributed by atoms with Crippen LogP contribution in [0.3, 0.4) is 0 Å². The van der Waals surface area contributed by atoms with Crippen molar-refractivity contribution in [3.63, 3.8) is 0 Å². The summed E-state index contributed by atoms with van der Waals surface area (Å²) in [7, 11) is 0. The lowest BCUT2D eigenvalue weighted by atomic mass is 10.0. The van der Waals surface area contributed by atoms with Crippen molar-refractivity contribution in [2.45, 2.75) is 33.6 Å². The van der Waals surface area contributed by atoms with Gasteiger partial charge < -0.3 is 10.1 Å². The number of nitrogens with one attached hydrogen (secondary N) is 1. The van der Waals surface area contributed by atoms with Crippen LogP contribution in [0, 0.1) is 13.8 Å². The molecule has 4 nitrogen and oxygen atoms in total. The molecule has 0 radical (unpaired) electrons. The molecular weight excluding hydrogens is 240 g/mol. The number of H-pyrrole nitrogens is 1. The molecule has 2 rings (SSSR count). The summed E-state index contributed by atoms with van der Waals surface area (Å²) in [5.41, 5.74) is 3.50. The van der Waals surface area contributed by atoms with Gasteiger partial charge >= 0.3 is 0 Å². The van der Waals surface area contributed by atoms with Crippen molar-refractivity contribution in [2.75, 3.05) is 0 Å². The minimum absolute atomic E-state index is 0.161. The molecule has 0 unspecified atom stereocenters. The number of rotatable bonds is 3. The van der Waals surface area contributed by atoms with Gasteiger partial charge in [0.1, 0.15) is 5.82 Å². The number of aromatic nitrogens is 2. The molecule has 0 fully saturated rings. The van der Waals surface area contributed by atoms with Crippen LogP contribution in [0.15, 0.2) is 23.0 Å². The molecule has 2 N–H and O–H groups in total. The van der Waals surface area contributed by atoms with Crippen LogP contribution in [-0.2, 0) is 12.8 Å². The van der Waals surface area contributed by atoms with Gasteiger partial charge in [-0.3, -0.25) is 4.79 Å². The summed E-state index contributed by atoms with van der Waals surface area (Å²) < 4.78 is 0. The van der Waals surface area contributed by atoms with E-state index < -0.39 is 0 Å². The first-order valence-electron chi connectivity index (χ1n) is 6.37. The first kappa shape index (κ1) is 13.3. The molecule has 0 saturated carbocycles. The largest absolute Gasteiger partial charge is 0.493 e. The molecule has 100 valence electrons. The quantitative estimate of drug-likeness (QED) is 0.887. The van der Waals surface area contributed by atoms with E-state index in [4.69, 9.17) is 0 Å². The maximum absolute atomic E-state index is 11.8. The van der Waals surface area contributed by atoms with E-state index in [-0.39, 0.29) is 11.4 Å². The Morgan fingerprint density at radius 2 is 1.84 bits per heavy atom. The second-order valence-electron chi connectivity index (χ2n) is 4.84. The Morgan fingerprint density at radius 1 is 1.21 bits per heavy atom. The molecule has 0 spiro atoms. The summed E-state index contributed by atoms with van der Waals surface area (Å²) in [6.45, 7) is 5.88. The van der Waals surface area contributed by atoms with Gasteiger partial charge in [0.25, 0.3) is 5.56 Å². The molecule has 1 heterocycles. The van der Waals surface area contributed by atoms with E-state index in [2.05, 4.69) is 28.2 Å². The van der Waals surface area contributed by atoms with Gasteiger partial charge in [0, 0.05) is 6.42 Å². The van der Waals surface area contributed by atoms with E-state index >= 15 is 0 Å². The van der Waals surface area contributed by atoms with Crippen LogP contribution in [-0.4, -0.2) is 15.1 Å². The van der Waals surface area contributed by atoms with Crippen LogP contribution in [0.5, 0.6) is 5.88 Å². The highest BCUT2D eigenvalue weighted by Gasteiger charge is 2.09. The molecule has 0 bridgehead atoms. The second kappa shape index (κ2) is 5.26. The van der Waals surface area contributed by atoms with E-state index in [1.54, 1.807) is 0 Å². The van der Waals surface area contributed by atoms with E-state index in [1.807, 2.05) is 20.8 Å². The normalized spacial score (nSPS) is 10.7. The Balaban J connectivity index is 2.36. The molecule has 0 aliphatic heterocycles. The second-order valence-corrected chi connectivity index (χ2v) is 4.84. The van der Waals surface area contributed by atoms with Crippen LogP contribution < -0.4 is 5.56 Å². The van der Waals surface area contributed by atoms with Crippen molar-refractivity contribution in [1.82, 2.24) is 9.97 Å². The lowest BCUT2D eigenvalue weighted by Crippen LogP contribution is -2.16. The standard InChI is InChI=1S/C15H18N2O2/c1-4-12-14(18)16-13(17-15(12)19)8-11-6-9(2)5-10(3)7-11/h5-7H,4,8H2,1-3H3,(H2,16,17,18,19). The predicted molar refractivity (Wildman–Crippen MR) is 74.6 cm³/mol. The topological polar surface area (TPSA) is 66.0 Å². The SMILES string of the molecule is CCc1c(O)nc(Cc2cc(C)cc(C)c2)[nH]c1=O. The molecular formula is C15H18N2O2. The van der Waals surface area contributed by atoms with E-state index in [0.717, 1.165) is 5.56 Å². The van der Waals surface area contributed by atoms with Gasteiger partial charge in [-0.15, -0.1) is 0 Å². The van der Waals surface area contributed by atoms with Crippen LogP contribution in [0.1, 0.15) is 35.0 Å². The highest BCUT2D eigenvalue weighted by atomic mass is 16.3. The molecule has 0 amide bonds. The van der Waals surface area contributed by atoms with Crippen molar-refractivity contribution in [2.24, 2.45) is 0 Å². The fourth-order valence-corrected chi connectivity index (χ4v) is 2.30. The van der Waals surface area contributed by atoms with Gasteiger partial charge in [-0.1, -0.05) is 36.2 Å². The third-order valence-corrected chi connectivity index (χ3v) is 3.05. The summed E-state index contributed by atoms with van der Waals surface area (Å²) >= 11 is 0. The van der Waals surface area contributed by atoms with E-state index in [1.165, 1.54) is 11.1 Å². The Labute approximate surface area is 112 Å². The van der Waals surface area contributed by atoms with Crippen molar-refractivity contribution < 1.29 is 5.11 Å². The number of nitrogens with zero attached hydrogens (tertiary/aromatic N) is 1. The lowest BCUT2D eigenvalue weighted by molar-refractivity contribution is 0.440. The van der Waals surface area contributed by atoms with Gasteiger partial charge in [-0.2, -0.15) is 4.98 Å². The molecule has 0 aliphatic carbocycles. The molecule has 19 heavy (non-hydrogen) atoms. The predicted octanol–water partition coefficient (Wildman–Crippen LogP) is 2.25. The smallest absolute Gasteiger partial charge is 0.257 e. The fraction of sp³-hybridized carbons (Fsp3) is 0.333.